The summed E-state index contributed by atoms with van der Waals surface area (Å²) in [4.78, 5) is 23.9. The van der Waals surface area contributed by atoms with Crippen LogP contribution in [0.5, 0.6) is 0 Å². The lowest BCUT2D eigenvalue weighted by atomic mass is 9.82. The Bertz CT molecular complexity index is 608. The van der Waals surface area contributed by atoms with E-state index in [-0.39, 0.29) is 30.8 Å². The monoisotopic (exact) mass is 364 g/mol. The summed E-state index contributed by atoms with van der Waals surface area (Å²) in [6.45, 7) is 0.584. The summed E-state index contributed by atoms with van der Waals surface area (Å²) in [5, 5.41) is 6.21. The molecule has 1 aliphatic carbocycles. The molecule has 6 nitrogen and oxygen atoms in total. The van der Waals surface area contributed by atoms with E-state index in [0.717, 1.165) is 5.56 Å². The lowest BCUT2D eigenvalue weighted by Crippen LogP contribution is -2.45. The summed E-state index contributed by atoms with van der Waals surface area (Å²) in [5.74, 6) is 0.240. The Labute approximate surface area is 153 Å². The molecule has 3 unspecified atom stereocenters. The van der Waals surface area contributed by atoms with Crippen molar-refractivity contribution >= 4 is 23.4 Å². The molecule has 3 atom stereocenters. The van der Waals surface area contributed by atoms with Crippen LogP contribution >= 0.6 is 11.6 Å². The standard InChI is InChI=1S/C18H25ClN4O2/c19-13-7-5-12(6-8-13)9-17(24)21-11-18(25)20-10-16-14-3-1-2-4-15(14)22-23-16/h5-8,14-16,22-23H,1-4,9-11H2,(H,20,25)(H,21,24). The first-order chi connectivity index (χ1) is 12.1. The third kappa shape index (κ3) is 5.17. The van der Waals surface area contributed by atoms with Crippen LogP contribution in [-0.2, 0) is 16.0 Å². The van der Waals surface area contributed by atoms with Crippen molar-refractivity contribution in [3.63, 3.8) is 0 Å². The van der Waals surface area contributed by atoms with Gasteiger partial charge in [0.1, 0.15) is 0 Å². The van der Waals surface area contributed by atoms with Crippen LogP contribution in [0.2, 0.25) is 5.02 Å². The van der Waals surface area contributed by atoms with Gasteiger partial charge in [0.25, 0.3) is 0 Å². The zero-order valence-corrected chi connectivity index (χ0v) is 14.9. The van der Waals surface area contributed by atoms with E-state index in [1.165, 1.54) is 25.7 Å². The average molecular weight is 365 g/mol. The molecule has 0 spiro atoms. The molecule has 0 bridgehead atoms. The van der Waals surface area contributed by atoms with E-state index in [9.17, 15) is 9.59 Å². The highest BCUT2D eigenvalue weighted by molar-refractivity contribution is 6.30. The number of hydrazine groups is 1. The molecule has 2 aliphatic rings. The molecule has 1 saturated heterocycles. The summed E-state index contributed by atoms with van der Waals surface area (Å²) in [6.07, 6.45) is 5.17. The zero-order chi connectivity index (χ0) is 17.6. The molecule has 0 radical (unpaired) electrons. The van der Waals surface area contributed by atoms with Crippen molar-refractivity contribution in [1.29, 1.82) is 0 Å². The zero-order valence-electron chi connectivity index (χ0n) is 14.2. The molecule has 1 heterocycles. The first-order valence-electron chi connectivity index (χ1n) is 8.91. The molecule has 2 amide bonds. The fourth-order valence-electron chi connectivity index (χ4n) is 3.66. The van der Waals surface area contributed by atoms with Crippen molar-refractivity contribution in [2.24, 2.45) is 5.92 Å². The molecule has 3 rings (SSSR count). The lowest BCUT2D eigenvalue weighted by Gasteiger charge is -2.27. The Morgan fingerprint density at radius 2 is 1.80 bits per heavy atom. The first-order valence-corrected chi connectivity index (χ1v) is 9.28. The number of halogens is 1. The smallest absolute Gasteiger partial charge is 0.239 e. The number of rotatable bonds is 6. The second-order valence-corrected chi connectivity index (χ2v) is 7.27. The van der Waals surface area contributed by atoms with Crippen LogP contribution in [0.4, 0.5) is 0 Å². The van der Waals surface area contributed by atoms with E-state index >= 15 is 0 Å². The van der Waals surface area contributed by atoms with Gasteiger partial charge in [-0.05, 0) is 36.5 Å². The molecule has 1 saturated carbocycles. The third-order valence-electron chi connectivity index (χ3n) is 5.03. The van der Waals surface area contributed by atoms with Gasteiger partial charge in [0.05, 0.1) is 13.0 Å². The summed E-state index contributed by atoms with van der Waals surface area (Å²) >= 11 is 5.82. The van der Waals surface area contributed by atoms with Crippen LogP contribution in [0.15, 0.2) is 24.3 Å². The molecular weight excluding hydrogens is 340 g/mol. The van der Waals surface area contributed by atoms with E-state index in [4.69, 9.17) is 11.6 Å². The molecule has 1 aromatic carbocycles. The van der Waals surface area contributed by atoms with Gasteiger partial charge < -0.3 is 10.6 Å². The van der Waals surface area contributed by atoms with E-state index < -0.39 is 0 Å². The Balaban J connectivity index is 1.35. The average Bonchev–Trinajstić information content (AvgIpc) is 3.03. The van der Waals surface area contributed by atoms with Crippen molar-refractivity contribution in [2.45, 2.75) is 44.2 Å². The van der Waals surface area contributed by atoms with Crippen LogP contribution in [0.3, 0.4) is 0 Å². The van der Waals surface area contributed by atoms with E-state index in [1.54, 1.807) is 24.3 Å². The quantitative estimate of drug-likeness (QED) is 0.610. The fourth-order valence-corrected chi connectivity index (χ4v) is 3.79. The molecule has 136 valence electrons. The highest BCUT2D eigenvalue weighted by atomic mass is 35.5. The molecule has 4 N–H and O–H groups in total. The van der Waals surface area contributed by atoms with Gasteiger partial charge in [0, 0.05) is 23.7 Å². The Morgan fingerprint density at radius 1 is 1.04 bits per heavy atom. The number of benzene rings is 1. The Morgan fingerprint density at radius 3 is 2.60 bits per heavy atom. The molecule has 1 aromatic rings. The number of hydrogen-bond donors (Lipinski definition) is 4. The van der Waals surface area contributed by atoms with Crippen molar-refractivity contribution in [3.8, 4) is 0 Å². The highest BCUT2D eigenvalue weighted by Crippen LogP contribution is 2.29. The van der Waals surface area contributed by atoms with Gasteiger partial charge in [-0.25, -0.2) is 0 Å². The van der Waals surface area contributed by atoms with Gasteiger partial charge in [-0.1, -0.05) is 36.6 Å². The van der Waals surface area contributed by atoms with E-state index in [0.29, 0.717) is 23.5 Å². The third-order valence-corrected chi connectivity index (χ3v) is 5.29. The van der Waals surface area contributed by atoms with Crippen molar-refractivity contribution < 1.29 is 9.59 Å². The molecule has 7 heteroatoms. The van der Waals surface area contributed by atoms with Gasteiger partial charge in [0.2, 0.25) is 11.8 Å². The van der Waals surface area contributed by atoms with Crippen LogP contribution in [-0.4, -0.2) is 37.0 Å². The highest BCUT2D eigenvalue weighted by Gasteiger charge is 2.36. The van der Waals surface area contributed by atoms with Crippen LogP contribution in [0.25, 0.3) is 0 Å². The molecular formula is C18H25ClN4O2. The number of amides is 2. The van der Waals surface area contributed by atoms with E-state index in [2.05, 4.69) is 21.5 Å². The van der Waals surface area contributed by atoms with E-state index in [1.807, 2.05) is 0 Å². The topological polar surface area (TPSA) is 82.3 Å². The van der Waals surface area contributed by atoms with Crippen molar-refractivity contribution in [2.75, 3.05) is 13.1 Å². The maximum Gasteiger partial charge on any atom is 0.239 e. The van der Waals surface area contributed by atoms with Crippen molar-refractivity contribution in [1.82, 2.24) is 21.5 Å². The Kier molecular flexibility index (Phi) is 6.29. The van der Waals surface area contributed by atoms with Crippen LogP contribution < -0.4 is 21.5 Å². The predicted octanol–water partition coefficient (Wildman–Crippen LogP) is 1.15. The van der Waals surface area contributed by atoms with Crippen molar-refractivity contribution in [3.05, 3.63) is 34.9 Å². The minimum Gasteiger partial charge on any atom is -0.353 e. The molecule has 1 aliphatic heterocycles. The van der Waals surface area contributed by atoms with Gasteiger partial charge in [-0.3, -0.25) is 20.4 Å². The maximum atomic E-state index is 12.0. The molecule has 0 aromatic heterocycles. The van der Waals surface area contributed by atoms with Crippen LogP contribution in [0.1, 0.15) is 31.2 Å². The summed E-state index contributed by atoms with van der Waals surface area (Å²) in [7, 11) is 0. The van der Waals surface area contributed by atoms with Gasteiger partial charge in [-0.15, -0.1) is 0 Å². The minimum atomic E-state index is -0.175. The normalized spacial score (nSPS) is 25.2. The number of hydrogen-bond acceptors (Lipinski definition) is 4. The lowest BCUT2D eigenvalue weighted by molar-refractivity contribution is -0.125. The minimum absolute atomic E-state index is 0.000662. The second kappa shape index (κ2) is 8.65. The maximum absolute atomic E-state index is 12.0. The van der Waals surface area contributed by atoms with Gasteiger partial charge >= 0.3 is 0 Å². The summed E-state index contributed by atoms with van der Waals surface area (Å²) < 4.78 is 0. The first kappa shape index (κ1) is 18.2. The van der Waals surface area contributed by atoms with Gasteiger partial charge in [0.15, 0.2) is 0 Å². The Hall–Kier alpha value is -1.63. The summed E-state index contributed by atoms with van der Waals surface area (Å²) in [5.41, 5.74) is 7.49. The number of fused-ring (bicyclic) bond motifs is 1. The van der Waals surface area contributed by atoms with Crippen LogP contribution in [0, 0.1) is 5.92 Å². The second-order valence-electron chi connectivity index (χ2n) is 6.83. The number of carbonyl (C=O) groups excluding carboxylic acids is 2. The largest absolute Gasteiger partial charge is 0.353 e. The number of carbonyl (C=O) groups is 2. The predicted molar refractivity (Wildman–Crippen MR) is 97.0 cm³/mol. The molecule has 2 fully saturated rings. The molecule has 25 heavy (non-hydrogen) atoms. The fraction of sp³-hybridized carbons (Fsp3) is 0.556. The van der Waals surface area contributed by atoms with Gasteiger partial charge in [-0.2, -0.15) is 0 Å². The SMILES string of the molecule is O=C(CNC(=O)Cc1ccc(Cl)cc1)NCC1NNC2CCCCC21. The summed E-state index contributed by atoms with van der Waals surface area (Å²) in [6, 6.07) is 7.90. The number of nitrogens with one attached hydrogen (secondary N) is 4.